The number of hydrogen-bond acceptors (Lipinski definition) is 0. The first-order chi connectivity index (χ1) is 4.97. The second-order valence-electron chi connectivity index (χ2n) is 3.07. The van der Waals surface area contributed by atoms with Gasteiger partial charge in [-0.25, -0.2) is 0 Å². The molecule has 10 heavy (non-hydrogen) atoms. The lowest BCUT2D eigenvalue weighted by Crippen LogP contribution is -2.00. The van der Waals surface area contributed by atoms with Gasteiger partial charge in [-0.15, -0.1) is 0 Å². The van der Waals surface area contributed by atoms with Crippen LogP contribution >= 0.6 is 0 Å². The van der Waals surface area contributed by atoms with E-state index >= 15 is 0 Å². The lowest BCUT2D eigenvalue weighted by Gasteiger charge is -2.09. The van der Waals surface area contributed by atoms with Gasteiger partial charge in [-0.3, -0.25) is 0 Å². The summed E-state index contributed by atoms with van der Waals surface area (Å²) in [4.78, 5) is 0. The average Bonchev–Trinajstić information content (AvgIpc) is 2.59. The monoisotopic (exact) mass is 135 g/mol. The van der Waals surface area contributed by atoms with Gasteiger partial charge in [0.05, 0.1) is 0 Å². The summed E-state index contributed by atoms with van der Waals surface area (Å²) in [6, 6.07) is 5.03. The molecule has 1 aromatic heterocycles. The largest absolute Gasteiger partial charge is 0.351 e. The summed E-state index contributed by atoms with van der Waals surface area (Å²) in [5.74, 6) is 0. The molecule has 0 saturated heterocycles. The molecule has 2 rings (SSSR count). The first-order valence-corrected chi connectivity index (χ1v) is 4.09. The van der Waals surface area contributed by atoms with Crippen molar-refractivity contribution in [3.63, 3.8) is 0 Å². The van der Waals surface area contributed by atoms with Crippen molar-refractivity contribution >= 4 is 0 Å². The Morgan fingerprint density at radius 3 is 2.20 bits per heavy atom. The van der Waals surface area contributed by atoms with Crippen LogP contribution in [0.3, 0.4) is 0 Å². The van der Waals surface area contributed by atoms with Crippen LogP contribution in [0.2, 0.25) is 0 Å². The van der Waals surface area contributed by atoms with E-state index in [1.54, 1.807) is 0 Å². The Labute approximate surface area is 61.7 Å². The van der Waals surface area contributed by atoms with Crippen molar-refractivity contribution in [2.45, 2.75) is 31.7 Å². The van der Waals surface area contributed by atoms with Gasteiger partial charge < -0.3 is 4.57 Å². The van der Waals surface area contributed by atoms with Crippen molar-refractivity contribution < 1.29 is 0 Å². The molecule has 54 valence electrons. The molecular formula is C9H13N. The molecule has 1 aliphatic carbocycles. The molecule has 1 nitrogen and oxygen atoms in total. The third kappa shape index (κ3) is 0.962. The fourth-order valence-electron chi connectivity index (χ4n) is 1.79. The third-order valence-corrected chi connectivity index (χ3v) is 2.37. The molecule has 0 atom stereocenters. The Morgan fingerprint density at radius 2 is 1.60 bits per heavy atom. The predicted octanol–water partition coefficient (Wildman–Crippen LogP) is 2.60. The summed E-state index contributed by atoms with van der Waals surface area (Å²) in [7, 11) is 0. The summed E-state index contributed by atoms with van der Waals surface area (Å²) in [6.45, 7) is 0. The second-order valence-corrected chi connectivity index (χ2v) is 3.07. The van der Waals surface area contributed by atoms with Gasteiger partial charge in [-0.2, -0.15) is 0 Å². The Balaban J connectivity index is 2.12. The van der Waals surface area contributed by atoms with Gasteiger partial charge in [0.25, 0.3) is 0 Å². The van der Waals surface area contributed by atoms with E-state index in [1.807, 2.05) is 0 Å². The van der Waals surface area contributed by atoms with Crippen molar-refractivity contribution in [3.8, 4) is 0 Å². The SMILES string of the molecule is c1ccn(C2CCCC2)c1. The zero-order valence-electron chi connectivity index (χ0n) is 6.16. The Bertz CT molecular complexity index is 183. The fourth-order valence-corrected chi connectivity index (χ4v) is 1.79. The van der Waals surface area contributed by atoms with Crippen LogP contribution in [0, 0.1) is 0 Å². The van der Waals surface area contributed by atoms with Gasteiger partial charge in [-0.05, 0) is 25.0 Å². The lowest BCUT2D eigenvalue weighted by atomic mass is 10.2. The number of nitrogens with zero attached hydrogens (tertiary/aromatic N) is 1. The van der Waals surface area contributed by atoms with E-state index < -0.39 is 0 Å². The molecule has 1 fully saturated rings. The highest BCUT2D eigenvalue weighted by Crippen LogP contribution is 2.28. The topological polar surface area (TPSA) is 4.93 Å². The lowest BCUT2D eigenvalue weighted by molar-refractivity contribution is 0.521. The minimum Gasteiger partial charge on any atom is -0.351 e. The third-order valence-electron chi connectivity index (χ3n) is 2.37. The Morgan fingerprint density at radius 1 is 1.00 bits per heavy atom. The van der Waals surface area contributed by atoms with Crippen molar-refractivity contribution in [2.24, 2.45) is 0 Å². The molecule has 0 radical (unpaired) electrons. The maximum Gasteiger partial charge on any atom is 0.0330 e. The molecule has 1 heterocycles. The maximum absolute atomic E-state index is 2.34. The summed E-state index contributed by atoms with van der Waals surface area (Å²) in [5.41, 5.74) is 0. The Hall–Kier alpha value is -0.720. The molecule has 1 aliphatic rings. The first-order valence-electron chi connectivity index (χ1n) is 4.09. The summed E-state index contributed by atoms with van der Waals surface area (Å²) < 4.78 is 2.34. The molecule has 0 spiro atoms. The van der Waals surface area contributed by atoms with Crippen molar-refractivity contribution in [3.05, 3.63) is 24.5 Å². The number of hydrogen-bond donors (Lipinski definition) is 0. The van der Waals surface area contributed by atoms with Gasteiger partial charge in [0, 0.05) is 18.4 Å². The number of aromatic nitrogens is 1. The van der Waals surface area contributed by atoms with Crippen LogP contribution in [-0.4, -0.2) is 4.57 Å². The normalized spacial score (nSPS) is 20.0. The molecule has 1 heteroatoms. The van der Waals surface area contributed by atoms with E-state index in [9.17, 15) is 0 Å². The molecule has 1 saturated carbocycles. The highest BCUT2D eigenvalue weighted by Gasteiger charge is 2.14. The highest BCUT2D eigenvalue weighted by molar-refractivity contribution is 4.94. The maximum atomic E-state index is 2.34. The van der Waals surface area contributed by atoms with E-state index in [4.69, 9.17) is 0 Å². The highest BCUT2D eigenvalue weighted by atomic mass is 15.0. The van der Waals surface area contributed by atoms with Gasteiger partial charge >= 0.3 is 0 Å². The molecule has 1 aromatic rings. The molecule has 0 aliphatic heterocycles. The van der Waals surface area contributed by atoms with Gasteiger partial charge in [0.2, 0.25) is 0 Å². The van der Waals surface area contributed by atoms with Crippen molar-refractivity contribution in [2.75, 3.05) is 0 Å². The van der Waals surface area contributed by atoms with Crippen LogP contribution in [0.25, 0.3) is 0 Å². The quantitative estimate of drug-likeness (QED) is 0.557. The van der Waals surface area contributed by atoms with E-state index in [0.29, 0.717) is 0 Å². The summed E-state index contributed by atoms with van der Waals surface area (Å²) in [5, 5.41) is 0. The van der Waals surface area contributed by atoms with Gasteiger partial charge in [0.1, 0.15) is 0 Å². The van der Waals surface area contributed by atoms with Crippen molar-refractivity contribution in [1.29, 1.82) is 0 Å². The standard InChI is InChI=1S/C9H13N/c1-2-6-9(5-1)10-7-3-4-8-10/h3-4,7-9H,1-2,5-6H2. The average molecular weight is 135 g/mol. The van der Waals surface area contributed by atoms with Crippen LogP contribution in [0.5, 0.6) is 0 Å². The molecular weight excluding hydrogens is 122 g/mol. The minimum atomic E-state index is 0.815. The second kappa shape index (κ2) is 2.49. The van der Waals surface area contributed by atoms with Gasteiger partial charge in [-0.1, -0.05) is 12.8 Å². The zero-order valence-corrected chi connectivity index (χ0v) is 6.16. The zero-order chi connectivity index (χ0) is 6.81. The molecule has 0 unspecified atom stereocenters. The van der Waals surface area contributed by atoms with E-state index in [2.05, 4.69) is 29.1 Å². The fraction of sp³-hybridized carbons (Fsp3) is 0.556. The summed E-state index contributed by atoms with van der Waals surface area (Å²) >= 11 is 0. The van der Waals surface area contributed by atoms with E-state index in [-0.39, 0.29) is 0 Å². The molecule has 0 bridgehead atoms. The van der Waals surface area contributed by atoms with Crippen LogP contribution in [0.15, 0.2) is 24.5 Å². The smallest absolute Gasteiger partial charge is 0.0330 e. The van der Waals surface area contributed by atoms with E-state index in [0.717, 1.165) is 6.04 Å². The molecule has 0 amide bonds. The summed E-state index contributed by atoms with van der Waals surface area (Å²) in [6.07, 6.45) is 9.96. The predicted molar refractivity (Wildman–Crippen MR) is 41.9 cm³/mol. The van der Waals surface area contributed by atoms with Crippen LogP contribution in [0.1, 0.15) is 31.7 Å². The van der Waals surface area contributed by atoms with Gasteiger partial charge in [0.15, 0.2) is 0 Å². The minimum absolute atomic E-state index is 0.815. The van der Waals surface area contributed by atoms with Crippen LogP contribution in [0.4, 0.5) is 0 Å². The van der Waals surface area contributed by atoms with Crippen LogP contribution in [-0.2, 0) is 0 Å². The molecule has 0 N–H and O–H groups in total. The van der Waals surface area contributed by atoms with Crippen LogP contribution < -0.4 is 0 Å². The molecule has 0 aromatic carbocycles. The number of rotatable bonds is 1. The first kappa shape index (κ1) is 6.02. The Kier molecular flexibility index (Phi) is 1.50. The van der Waals surface area contributed by atoms with Crippen molar-refractivity contribution in [1.82, 2.24) is 4.57 Å². The van der Waals surface area contributed by atoms with E-state index in [1.165, 1.54) is 25.7 Å².